The molecule has 23 heteroatoms. The summed E-state index contributed by atoms with van der Waals surface area (Å²) in [5, 5.41) is 33.8. The number of nitrogens with zero attached hydrogens (tertiary/aromatic N) is 15. The Bertz CT molecular complexity index is 3230. The molecule has 0 aromatic carbocycles. The van der Waals surface area contributed by atoms with Crippen LogP contribution in [0, 0.1) is 13.8 Å². The number of rotatable bonds is 9. The number of piperazine rings is 2. The van der Waals surface area contributed by atoms with Crippen molar-refractivity contribution in [1.29, 1.82) is 0 Å². The van der Waals surface area contributed by atoms with Crippen molar-refractivity contribution >= 4 is 45.1 Å². The molecule has 0 atom stereocenters. The van der Waals surface area contributed by atoms with Gasteiger partial charge in [-0.15, -0.1) is 10.2 Å². The summed E-state index contributed by atoms with van der Waals surface area (Å²) in [4.78, 5) is 50.0. The molecule has 0 unspecified atom stereocenters. The standard InChI is InChI=1S/C26H31N9O2.C21H20BrN7O2.C5H12N2/c1-17-22(11-19(14-28-17)25(36)29-24-12-23(37-31-24)26(2,3)4)35-16-21(30-32-35)18-10-20(15-27-13-18)34-8-6-33(5)7-9-34;1-12-17(29-11-16(26-28-29)13-5-15(22)10-23-8-13)6-14(9-24-12)20(30)25-19-7-18(31-27-19)21(2,3)4;1-7-4-2-6-3-5-7/h10-16H,6-9H2,1-5H3,(H,29,31,36);5-11H,1-4H3,(H,25,27,30);6H,2-5H2,1H3. The van der Waals surface area contributed by atoms with Crippen LogP contribution in [-0.2, 0) is 10.8 Å². The van der Waals surface area contributed by atoms with E-state index >= 15 is 0 Å². The maximum absolute atomic E-state index is 12.9. The minimum atomic E-state index is -0.348. The Balaban J connectivity index is 0.000000178. The molecule has 2 saturated heterocycles. The summed E-state index contributed by atoms with van der Waals surface area (Å²) in [7, 11) is 4.29. The summed E-state index contributed by atoms with van der Waals surface area (Å²) in [5.74, 6) is 1.38. The van der Waals surface area contributed by atoms with Crippen LogP contribution in [0.15, 0.2) is 99.5 Å². The first-order valence-electron chi connectivity index (χ1n) is 24.5. The molecule has 0 radical (unpaired) electrons. The number of hydrogen-bond donors (Lipinski definition) is 3. The van der Waals surface area contributed by atoms with Crippen molar-refractivity contribution in [2.24, 2.45) is 0 Å². The van der Waals surface area contributed by atoms with E-state index in [1.807, 2.05) is 73.8 Å². The topological polar surface area (TPSA) is 245 Å². The van der Waals surface area contributed by atoms with Crippen molar-refractivity contribution in [3.8, 4) is 33.9 Å². The van der Waals surface area contributed by atoms with Gasteiger partial charge < -0.3 is 39.7 Å². The first kappa shape index (κ1) is 53.7. The molecule has 0 aliphatic carbocycles. The molecule has 10 rings (SSSR count). The predicted molar refractivity (Wildman–Crippen MR) is 288 cm³/mol. The molecule has 2 aliphatic rings. The summed E-state index contributed by atoms with van der Waals surface area (Å²) in [6.45, 7) is 24.5. The highest BCUT2D eigenvalue weighted by atomic mass is 79.9. The maximum atomic E-state index is 12.9. The molecule has 8 aromatic rings. The van der Waals surface area contributed by atoms with Gasteiger partial charge in [0.2, 0.25) is 0 Å². The number of halogens is 1. The number of amides is 2. The van der Waals surface area contributed by atoms with Crippen LogP contribution in [-0.4, -0.2) is 148 Å². The van der Waals surface area contributed by atoms with Gasteiger partial charge in [0.05, 0.1) is 58.2 Å². The van der Waals surface area contributed by atoms with Gasteiger partial charge >= 0.3 is 0 Å². The lowest BCUT2D eigenvalue weighted by Gasteiger charge is -2.33. The Morgan fingerprint density at radius 2 is 1.07 bits per heavy atom. The van der Waals surface area contributed by atoms with Crippen LogP contribution in [0.25, 0.3) is 33.9 Å². The third-order valence-electron chi connectivity index (χ3n) is 12.3. The number of carbonyl (C=O) groups excluding carboxylic acids is 2. The van der Waals surface area contributed by atoms with Crippen molar-refractivity contribution in [3.05, 3.63) is 124 Å². The SMILES string of the molecule is CN1CCNCC1.Cc1ncc(C(=O)Nc2cc(C(C)(C)C)on2)cc1-n1cc(-c2cncc(Br)c2)nn1.Cc1ncc(C(=O)Nc2cc(C(C)(C)C)on2)cc1-n1cc(-c2cncc(N3CCN(C)CC3)c2)nn1. The average Bonchev–Trinajstić information content (AvgIpc) is 4.24. The molecule has 0 spiro atoms. The Morgan fingerprint density at radius 1 is 0.600 bits per heavy atom. The quantitative estimate of drug-likeness (QED) is 0.130. The van der Waals surface area contributed by atoms with Crippen LogP contribution in [0.1, 0.15) is 85.2 Å². The molecule has 10 heterocycles. The van der Waals surface area contributed by atoms with Crippen molar-refractivity contribution in [1.82, 2.24) is 75.4 Å². The Morgan fingerprint density at radius 3 is 1.51 bits per heavy atom. The predicted octanol–water partition coefficient (Wildman–Crippen LogP) is 7.18. The molecule has 75 heavy (non-hydrogen) atoms. The molecule has 8 aromatic heterocycles. The molecular formula is C52H63BrN18O4. The van der Waals surface area contributed by atoms with Gasteiger partial charge in [-0.05, 0) is 68.1 Å². The van der Waals surface area contributed by atoms with E-state index in [0.29, 0.717) is 68.4 Å². The summed E-state index contributed by atoms with van der Waals surface area (Å²) in [6, 6.07) is 10.9. The second-order valence-electron chi connectivity index (χ2n) is 20.5. The van der Waals surface area contributed by atoms with Gasteiger partial charge in [-0.2, -0.15) is 0 Å². The van der Waals surface area contributed by atoms with Gasteiger partial charge in [0, 0.05) is 122 Å². The number of likely N-dealkylation sites (N-methyl/N-ethyl adjacent to an activating group) is 2. The van der Waals surface area contributed by atoms with Crippen molar-refractivity contribution in [2.75, 3.05) is 82.0 Å². The lowest BCUT2D eigenvalue weighted by molar-refractivity contribution is 0.101. The van der Waals surface area contributed by atoms with E-state index in [1.54, 1.807) is 58.4 Å². The van der Waals surface area contributed by atoms with E-state index in [4.69, 9.17) is 9.05 Å². The number of anilines is 3. The highest BCUT2D eigenvalue weighted by molar-refractivity contribution is 9.10. The molecule has 2 amide bonds. The van der Waals surface area contributed by atoms with Crippen molar-refractivity contribution < 1.29 is 18.6 Å². The lowest BCUT2D eigenvalue weighted by atomic mass is 9.93. The summed E-state index contributed by atoms with van der Waals surface area (Å²) >= 11 is 3.40. The molecule has 0 saturated carbocycles. The summed E-state index contributed by atoms with van der Waals surface area (Å²) < 4.78 is 14.7. The lowest BCUT2D eigenvalue weighted by Crippen LogP contribution is -2.44. The van der Waals surface area contributed by atoms with Crippen LogP contribution < -0.4 is 20.9 Å². The first-order chi connectivity index (χ1) is 35.8. The minimum absolute atomic E-state index is 0.205. The number of carbonyl (C=O) groups is 2. The molecule has 3 N–H and O–H groups in total. The fourth-order valence-electron chi connectivity index (χ4n) is 7.67. The molecule has 2 aliphatic heterocycles. The Hall–Kier alpha value is -7.60. The second kappa shape index (κ2) is 23.3. The zero-order valence-electron chi connectivity index (χ0n) is 44.0. The number of hydrogen-bond acceptors (Lipinski definition) is 18. The van der Waals surface area contributed by atoms with Crippen LogP contribution in [0.2, 0.25) is 0 Å². The van der Waals surface area contributed by atoms with Gasteiger partial charge in [-0.25, -0.2) is 9.36 Å². The first-order valence-corrected chi connectivity index (χ1v) is 25.3. The number of aromatic nitrogens is 12. The van der Waals surface area contributed by atoms with Gasteiger partial charge in [0.25, 0.3) is 11.8 Å². The monoisotopic (exact) mass is 1080 g/mol. The van der Waals surface area contributed by atoms with Gasteiger partial charge in [0.1, 0.15) is 22.9 Å². The smallest absolute Gasteiger partial charge is 0.258 e. The third-order valence-corrected chi connectivity index (χ3v) is 12.8. The van der Waals surface area contributed by atoms with Gasteiger partial charge in [-0.1, -0.05) is 62.3 Å². The van der Waals surface area contributed by atoms with E-state index < -0.39 is 0 Å². The second-order valence-corrected chi connectivity index (χ2v) is 21.4. The largest absolute Gasteiger partial charge is 0.368 e. The zero-order chi connectivity index (χ0) is 53.4. The molecule has 392 valence electrons. The Labute approximate surface area is 443 Å². The number of nitrogens with one attached hydrogen (secondary N) is 3. The number of pyridine rings is 4. The zero-order valence-corrected chi connectivity index (χ0v) is 45.5. The average molecular weight is 1080 g/mol. The molecule has 2 fully saturated rings. The van der Waals surface area contributed by atoms with Gasteiger partial charge in [0.15, 0.2) is 11.6 Å². The van der Waals surface area contributed by atoms with E-state index in [2.05, 4.69) is 118 Å². The van der Waals surface area contributed by atoms with Crippen LogP contribution >= 0.6 is 15.9 Å². The van der Waals surface area contributed by atoms with E-state index in [0.717, 1.165) is 60.6 Å². The highest BCUT2D eigenvalue weighted by Crippen LogP contribution is 2.28. The summed E-state index contributed by atoms with van der Waals surface area (Å²) in [5.41, 5.74) is 7.15. The molecular weight excluding hydrogens is 1020 g/mol. The van der Waals surface area contributed by atoms with Gasteiger partial charge in [-0.3, -0.25) is 29.5 Å². The van der Waals surface area contributed by atoms with Crippen molar-refractivity contribution in [2.45, 2.75) is 66.2 Å². The van der Waals surface area contributed by atoms with Crippen LogP contribution in [0.3, 0.4) is 0 Å². The molecule has 22 nitrogen and oxygen atoms in total. The Kier molecular flexibility index (Phi) is 16.7. The normalized spacial score (nSPS) is 14.4. The van der Waals surface area contributed by atoms with Crippen LogP contribution in [0.5, 0.6) is 0 Å². The van der Waals surface area contributed by atoms with E-state index in [-0.39, 0.29) is 22.6 Å². The number of aryl methyl sites for hydroxylation is 2. The van der Waals surface area contributed by atoms with E-state index in [9.17, 15) is 9.59 Å². The minimum Gasteiger partial charge on any atom is -0.368 e. The molecule has 0 bridgehead atoms. The fourth-order valence-corrected chi connectivity index (χ4v) is 8.03. The highest BCUT2D eigenvalue weighted by Gasteiger charge is 2.23. The van der Waals surface area contributed by atoms with Crippen molar-refractivity contribution in [3.63, 3.8) is 0 Å². The fraction of sp³-hybridized carbons (Fsp3) is 0.385. The third kappa shape index (κ3) is 14.0. The maximum Gasteiger partial charge on any atom is 0.258 e. The van der Waals surface area contributed by atoms with E-state index in [1.165, 1.54) is 25.5 Å². The summed E-state index contributed by atoms with van der Waals surface area (Å²) in [6.07, 6.45) is 13.7. The van der Waals surface area contributed by atoms with Crippen LogP contribution in [0.4, 0.5) is 17.3 Å².